The van der Waals surface area contributed by atoms with Crippen LogP contribution in [0, 0.1) is 31.1 Å². The molecule has 0 amide bonds. The lowest BCUT2D eigenvalue weighted by Crippen LogP contribution is -2.11. The molecular weight excluding hydrogens is 284 g/mol. The summed E-state index contributed by atoms with van der Waals surface area (Å²) in [5, 5.41) is 17.7. The molecule has 4 heteroatoms. The minimum absolute atomic E-state index is 0.474. The Morgan fingerprint density at radius 2 is 2.00 bits per heavy atom. The Labute approximate surface area is 138 Å². The molecule has 0 atom stereocenters. The summed E-state index contributed by atoms with van der Waals surface area (Å²) in [7, 11) is 0. The second-order valence-corrected chi connectivity index (χ2v) is 6.74. The minimum atomic E-state index is 0.474. The van der Waals surface area contributed by atoms with Gasteiger partial charge in [-0.15, -0.1) is 5.10 Å². The van der Waals surface area contributed by atoms with Crippen LogP contribution in [0.1, 0.15) is 61.0 Å². The van der Waals surface area contributed by atoms with Gasteiger partial charge in [0.15, 0.2) is 5.69 Å². The predicted molar refractivity (Wildman–Crippen MR) is 90.4 cm³/mol. The van der Waals surface area contributed by atoms with Gasteiger partial charge >= 0.3 is 0 Å². The summed E-state index contributed by atoms with van der Waals surface area (Å²) in [4.78, 5) is 0. The molecule has 1 aromatic carbocycles. The topological polar surface area (TPSA) is 54.5 Å². The van der Waals surface area contributed by atoms with Crippen molar-refractivity contribution in [2.75, 3.05) is 0 Å². The van der Waals surface area contributed by atoms with Gasteiger partial charge in [0.1, 0.15) is 6.07 Å². The highest BCUT2D eigenvalue weighted by Gasteiger charge is 2.19. The van der Waals surface area contributed by atoms with E-state index in [0.29, 0.717) is 5.69 Å². The molecule has 1 aromatic heterocycles. The molecular formula is C19H24N4. The Morgan fingerprint density at radius 1 is 1.22 bits per heavy atom. The molecule has 1 saturated carbocycles. The molecule has 0 bridgehead atoms. The number of hydrogen-bond acceptors (Lipinski definition) is 3. The second kappa shape index (κ2) is 6.95. The van der Waals surface area contributed by atoms with Crippen LogP contribution in [0.4, 0.5) is 0 Å². The van der Waals surface area contributed by atoms with Crippen LogP contribution in [0.5, 0.6) is 0 Å². The first-order valence-corrected chi connectivity index (χ1v) is 8.61. The second-order valence-electron chi connectivity index (χ2n) is 6.74. The van der Waals surface area contributed by atoms with Gasteiger partial charge in [-0.2, -0.15) is 5.26 Å². The number of aryl methyl sites for hydroxylation is 2. The van der Waals surface area contributed by atoms with Crippen molar-refractivity contribution in [3.63, 3.8) is 0 Å². The zero-order valence-electron chi connectivity index (χ0n) is 14.0. The largest absolute Gasteiger partial charge is 0.216 e. The van der Waals surface area contributed by atoms with Crippen molar-refractivity contribution < 1.29 is 0 Å². The van der Waals surface area contributed by atoms with Gasteiger partial charge in [-0.05, 0) is 49.8 Å². The molecule has 1 fully saturated rings. The van der Waals surface area contributed by atoms with Crippen LogP contribution in [-0.2, 0) is 6.42 Å². The van der Waals surface area contributed by atoms with Gasteiger partial charge in [0, 0.05) is 0 Å². The van der Waals surface area contributed by atoms with Crippen LogP contribution in [-0.4, -0.2) is 15.0 Å². The van der Waals surface area contributed by atoms with Crippen molar-refractivity contribution >= 4 is 0 Å². The Bertz CT molecular complexity index is 717. The fourth-order valence-electron chi connectivity index (χ4n) is 3.57. The van der Waals surface area contributed by atoms with E-state index < -0.39 is 0 Å². The SMILES string of the molecule is Cc1ccc(C)c(-n2nnc(C#N)c2CCC2CCCCC2)c1. The van der Waals surface area contributed by atoms with Gasteiger partial charge < -0.3 is 0 Å². The molecule has 0 radical (unpaired) electrons. The number of hydrogen-bond donors (Lipinski definition) is 0. The lowest BCUT2D eigenvalue weighted by Gasteiger charge is -2.21. The molecule has 1 heterocycles. The standard InChI is InChI=1S/C19H24N4/c1-14-8-9-15(2)19(12-14)23-18(17(13-20)21-22-23)11-10-16-6-4-3-5-7-16/h8-9,12,16H,3-7,10-11H2,1-2H3. The zero-order chi connectivity index (χ0) is 16.2. The fourth-order valence-corrected chi connectivity index (χ4v) is 3.57. The minimum Gasteiger partial charge on any atom is -0.216 e. The van der Waals surface area contributed by atoms with Crippen LogP contribution in [0.2, 0.25) is 0 Å². The Hall–Kier alpha value is -2.15. The van der Waals surface area contributed by atoms with Gasteiger partial charge in [0.2, 0.25) is 0 Å². The summed E-state index contributed by atoms with van der Waals surface area (Å²) >= 11 is 0. The molecule has 2 aromatic rings. The Kier molecular flexibility index (Phi) is 4.76. The summed E-state index contributed by atoms with van der Waals surface area (Å²) < 4.78 is 1.88. The molecule has 3 rings (SSSR count). The number of nitriles is 1. The third kappa shape index (κ3) is 3.44. The summed E-state index contributed by atoms with van der Waals surface area (Å²) in [5.41, 5.74) is 4.83. The van der Waals surface area contributed by atoms with Crippen molar-refractivity contribution in [2.45, 2.75) is 58.8 Å². The van der Waals surface area contributed by atoms with Crippen molar-refractivity contribution in [1.29, 1.82) is 5.26 Å². The average molecular weight is 308 g/mol. The quantitative estimate of drug-likeness (QED) is 0.847. The first-order valence-electron chi connectivity index (χ1n) is 8.61. The summed E-state index contributed by atoms with van der Waals surface area (Å²) in [6.45, 7) is 4.15. The van der Waals surface area contributed by atoms with Crippen LogP contribution in [0.25, 0.3) is 5.69 Å². The van der Waals surface area contributed by atoms with Crippen LogP contribution in [0.15, 0.2) is 18.2 Å². The van der Waals surface area contributed by atoms with E-state index in [9.17, 15) is 5.26 Å². The van der Waals surface area contributed by atoms with E-state index in [-0.39, 0.29) is 0 Å². The van der Waals surface area contributed by atoms with Crippen molar-refractivity contribution in [1.82, 2.24) is 15.0 Å². The van der Waals surface area contributed by atoms with E-state index in [2.05, 4.69) is 48.4 Å². The predicted octanol–water partition coefficient (Wildman–Crippen LogP) is 4.27. The summed E-state index contributed by atoms with van der Waals surface area (Å²) in [6.07, 6.45) is 8.75. The number of aromatic nitrogens is 3. The highest BCUT2D eigenvalue weighted by Crippen LogP contribution is 2.28. The van der Waals surface area contributed by atoms with Crippen LogP contribution in [0.3, 0.4) is 0 Å². The number of benzene rings is 1. The molecule has 120 valence electrons. The maximum atomic E-state index is 9.37. The fraction of sp³-hybridized carbons (Fsp3) is 0.526. The average Bonchev–Trinajstić information content (AvgIpc) is 2.99. The lowest BCUT2D eigenvalue weighted by molar-refractivity contribution is 0.337. The van der Waals surface area contributed by atoms with E-state index in [1.807, 2.05) is 4.68 Å². The number of rotatable bonds is 4. The molecule has 0 saturated heterocycles. The Morgan fingerprint density at radius 3 is 2.74 bits per heavy atom. The molecule has 23 heavy (non-hydrogen) atoms. The van der Waals surface area contributed by atoms with Gasteiger partial charge in [-0.1, -0.05) is 49.5 Å². The highest BCUT2D eigenvalue weighted by atomic mass is 15.4. The first-order chi connectivity index (χ1) is 11.2. The highest BCUT2D eigenvalue weighted by molar-refractivity contribution is 5.44. The van der Waals surface area contributed by atoms with E-state index >= 15 is 0 Å². The smallest absolute Gasteiger partial charge is 0.186 e. The van der Waals surface area contributed by atoms with E-state index in [1.54, 1.807) is 0 Å². The monoisotopic (exact) mass is 308 g/mol. The van der Waals surface area contributed by atoms with Gasteiger partial charge in [0.05, 0.1) is 11.4 Å². The molecule has 0 N–H and O–H groups in total. The van der Waals surface area contributed by atoms with Crippen LogP contribution < -0.4 is 0 Å². The third-order valence-electron chi connectivity index (χ3n) is 4.98. The maximum absolute atomic E-state index is 9.37. The first kappa shape index (κ1) is 15.7. The van der Waals surface area contributed by atoms with Gasteiger partial charge in [0.25, 0.3) is 0 Å². The molecule has 4 nitrogen and oxygen atoms in total. The van der Waals surface area contributed by atoms with E-state index in [0.717, 1.165) is 35.7 Å². The van der Waals surface area contributed by atoms with Crippen molar-refractivity contribution in [2.24, 2.45) is 5.92 Å². The van der Waals surface area contributed by atoms with Crippen molar-refractivity contribution in [3.8, 4) is 11.8 Å². The van der Waals surface area contributed by atoms with Gasteiger partial charge in [-0.3, -0.25) is 0 Å². The maximum Gasteiger partial charge on any atom is 0.186 e. The van der Waals surface area contributed by atoms with E-state index in [4.69, 9.17) is 0 Å². The Balaban J connectivity index is 1.88. The summed E-state index contributed by atoms with van der Waals surface area (Å²) in [6, 6.07) is 8.53. The van der Waals surface area contributed by atoms with Gasteiger partial charge in [-0.25, -0.2) is 4.68 Å². The molecule has 1 aliphatic carbocycles. The summed E-state index contributed by atoms with van der Waals surface area (Å²) in [5.74, 6) is 0.789. The van der Waals surface area contributed by atoms with Crippen LogP contribution >= 0.6 is 0 Å². The molecule has 0 spiro atoms. The third-order valence-corrected chi connectivity index (χ3v) is 4.98. The molecule has 1 aliphatic rings. The lowest BCUT2D eigenvalue weighted by atomic mass is 9.85. The molecule has 0 unspecified atom stereocenters. The van der Waals surface area contributed by atoms with E-state index in [1.165, 1.54) is 37.7 Å². The molecule has 0 aliphatic heterocycles. The van der Waals surface area contributed by atoms with Crippen molar-refractivity contribution in [3.05, 3.63) is 40.7 Å². The normalized spacial score (nSPS) is 15.5. The zero-order valence-corrected chi connectivity index (χ0v) is 14.0. The number of nitrogens with zero attached hydrogens (tertiary/aromatic N) is 4.